The minimum absolute atomic E-state index is 0.00820. The van der Waals surface area contributed by atoms with Crippen molar-refractivity contribution in [1.29, 1.82) is 0 Å². The smallest absolute Gasteiger partial charge is 0.342 e. The van der Waals surface area contributed by atoms with Gasteiger partial charge < -0.3 is 62.2 Å². The van der Waals surface area contributed by atoms with Crippen LogP contribution in [0.15, 0.2) is 69.4 Å². The van der Waals surface area contributed by atoms with Crippen molar-refractivity contribution in [2.45, 2.75) is 263 Å². The van der Waals surface area contributed by atoms with E-state index in [-0.39, 0.29) is 92.8 Å². The number of rotatable bonds is 14. The van der Waals surface area contributed by atoms with Crippen LogP contribution in [0.5, 0.6) is 0 Å². The molecule has 18 atom stereocenters. The lowest BCUT2D eigenvalue weighted by Crippen LogP contribution is -2.61. The zero-order valence-electron chi connectivity index (χ0n) is 61.2. The Labute approximate surface area is 593 Å². The Morgan fingerprint density at radius 1 is 0.792 bits per heavy atom. The summed E-state index contributed by atoms with van der Waals surface area (Å²) < 4.78 is 59.6. The van der Waals surface area contributed by atoms with E-state index in [0.717, 1.165) is 5.57 Å². The standard InChI is InChI=1S/C78H107NO22/c1-42-20-15-14-16-21-43(2)57(93-12)37-52-28-25-48(7)78(91,101-52)72(87)73(88)79-33-18-17-22-55(79)75(90)98-58(38-56(81)44(3)35-47(6)68(85)71(94-13)67(84)46(5)34-42)45(4)36-50-26-29-51(30-27-50)97-62(82)23-19-24-63(83)99-60-32-31-54-64-66(59(96-49(8)80)39-76(54,60)9)77(10)61(41-92-11)100-74(89)53-40-95-70(65(53)77)69(64)86/h14-16,20-21,35,40,42,44-46,48,50-52,54-55,57-61,68,71,85,91H,17-19,22-34,36-39,41H2,1-13H3/b16-14+,20-15+,43-21+,47-35+/t42-,44-,45+,46-,48-,50?,51?,52+,54?,55+,57+,58+,59-,60+,61-,68-,71+,76+,77+,78-/m1/s1. The van der Waals surface area contributed by atoms with Gasteiger partial charge in [0.25, 0.3) is 11.7 Å². The second-order valence-corrected chi connectivity index (χ2v) is 30.5. The van der Waals surface area contributed by atoms with Gasteiger partial charge in [0, 0.05) is 94.8 Å². The number of cyclic esters (lactones) is 2. The minimum Gasteiger partial charge on any atom is -0.462 e. The number of esters is 5. The number of fused-ring (bicyclic) bond motifs is 6. The van der Waals surface area contributed by atoms with Crippen LogP contribution in [0.3, 0.4) is 0 Å². The molecular formula is C78H107NO22. The van der Waals surface area contributed by atoms with E-state index in [0.29, 0.717) is 99.3 Å². The molecule has 5 heterocycles. The highest BCUT2D eigenvalue weighted by Crippen LogP contribution is 2.63. The van der Waals surface area contributed by atoms with Crippen molar-refractivity contribution >= 4 is 58.9 Å². The molecule has 4 aliphatic heterocycles. The van der Waals surface area contributed by atoms with E-state index in [4.69, 9.17) is 47.0 Å². The zero-order valence-corrected chi connectivity index (χ0v) is 61.2. The highest BCUT2D eigenvalue weighted by molar-refractivity contribution is 6.39. The number of ether oxygens (including phenoxy) is 9. The first-order valence-corrected chi connectivity index (χ1v) is 36.5. The van der Waals surface area contributed by atoms with Crippen molar-refractivity contribution in [3.8, 4) is 0 Å². The normalized spacial score (nSPS) is 37.7. The summed E-state index contributed by atoms with van der Waals surface area (Å²) in [5, 5.41) is 23.8. The number of furan rings is 1. The maximum absolute atomic E-state index is 14.7. The molecule has 1 amide bonds. The number of aliphatic hydroxyl groups is 2. The minimum atomic E-state index is -2.49. The van der Waals surface area contributed by atoms with E-state index in [1.54, 1.807) is 40.9 Å². The van der Waals surface area contributed by atoms with Crippen LogP contribution >= 0.6 is 0 Å². The Bertz CT molecular complexity index is 3440. The summed E-state index contributed by atoms with van der Waals surface area (Å²) in [6.07, 6.45) is 11.1. The van der Waals surface area contributed by atoms with Crippen LogP contribution in [0.1, 0.15) is 218 Å². The van der Waals surface area contributed by atoms with E-state index in [9.17, 15) is 58.2 Å². The molecule has 1 aromatic rings. The van der Waals surface area contributed by atoms with E-state index < -0.39 is 155 Å². The first-order chi connectivity index (χ1) is 47.9. The summed E-state index contributed by atoms with van der Waals surface area (Å²) in [4.78, 5) is 141. The topological polar surface area (TPSA) is 311 Å². The van der Waals surface area contributed by atoms with Gasteiger partial charge >= 0.3 is 29.8 Å². The van der Waals surface area contributed by atoms with E-state index >= 15 is 0 Å². The summed E-state index contributed by atoms with van der Waals surface area (Å²) in [6, 6.07) is -1.22. The van der Waals surface area contributed by atoms with Gasteiger partial charge in [-0.25, -0.2) is 9.59 Å². The van der Waals surface area contributed by atoms with E-state index in [1.807, 2.05) is 65.0 Å². The molecule has 23 heteroatoms. The van der Waals surface area contributed by atoms with Crippen molar-refractivity contribution < 1.29 is 105 Å². The quantitative estimate of drug-likeness (QED) is 0.0757. The van der Waals surface area contributed by atoms with Gasteiger partial charge in [0.05, 0.1) is 24.2 Å². The molecule has 9 rings (SSSR count). The average molecular weight is 1410 g/mol. The lowest BCUT2D eigenvalue weighted by atomic mass is 9.54. The maximum Gasteiger partial charge on any atom is 0.342 e. The first-order valence-electron chi connectivity index (χ1n) is 36.5. The van der Waals surface area contributed by atoms with Crippen molar-refractivity contribution in [3.05, 3.63) is 81.9 Å². The monoisotopic (exact) mass is 1410 g/mol. The van der Waals surface area contributed by atoms with Gasteiger partial charge in [-0.2, -0.15) is 0 Å². The number of methoxy groups -OCH3 is 3. The van der Waals surface area contributed by atoms with Crippen LogP contribution in [-0.4, -0.2) is 175 Å². The second kappa shape index (κ2) is 33.3. The summed E-state index contributed by atoms with van der Waals surface area (Å²) >= 11 is 0. The molecule has 556 valence electrons. The molecule has 0 aromatic carbocycles. The third kappa shape index (κ3) is 16.9. The second-order valence-electron chi connectivity index (χ2n) is 30.5. The van der Waals surface area contributed by atoms with Gasteiger partial charge in [-0.15, -0.1) is 0 Å². The molecule has 8 aliphatic rings. The van der Waals surface area contributed by atoms with E-state index in [1.165, 1.54) is 32.3 Å². The number of amides is 1. The number of carbonyl (C=O) groups is 10. The van der Waals surface area contributed by atoms with E-state index in [2.05, 4.69) is 0 Å². The zero-order chi connectivity index (χ0) is 73.6. The predicted octanol–water partition coefficient (Wildman–Crippen LogP) is 10.2. The lowest BCUT2D eigenvalue weighted by Gasteiger charge is -2.52. The maximum atomic E-state index is 14.7. The Morgan fingerprint density at radius 2 is 1.50 bits per heavy atom. The molecule has 2 saturated carbocycles. The van der Waals surface area contributed by atoms with Crippen LogP contribution in [0.25, 0.3) is 0 Å². The molecule has 4 fully saturated rings. The molecule has 0 radical (unpaired) electrons. The molecule has 1 unspecified atom stereocenters. The number of carbonyl (C=O) groups excluding carboxylic acids is 10. The van der Waals surface area contributed by atoms with Crippen molar-refractivity contribution in [3.63, 3.8) is 0 Å². The summed E-state index contributed by atoms with van der Waals surface area (Å²) in [5.41, 5.74) is 0.621. The van der Waals surface area contributed by atoms with Gasteiger partial charge in [-0.1, -0.05) is 78.0 Å². The fourth-order valence-corrected chi connectivity index (χ4v) is 17.4. The molecular weight excluding hydrogens is 1300 g/mol. The first kappa shape index (κ1) is 78.4. The molecule has 2 N–H and O–H groups in total. The number of aliphatic hydroxyl groups excluding tert-OH is 1. The van der Waals surface area contributed by atoms with Crippen molar-refractivity contribution in [2.24, 2.45) is 46.8 Å². The highest BCUT2D eigenvalue weighted by Gasteiger charge is 2.65. The predicted molar refractivity (Wildman–Crippen MR) is 366 cm³/mol. The van der Waals surface area contributed by atoms with Crippen molar-refractivity contribution in [2.75, 3.05) is 34.5 Å². The third-order valence-corrected chi connectivity index (χ3v) is 23.3. The Morgan fingerprint density at radius 3 is 2.19 bits per heavy atom. The van der Waals surface area contributed by atoms with Crippen LogP contribution in [-0.2, 0) is 86.4 Å². The van der Waals surface area contributed by atoms with Gasteiger partial charge in [0.2, 0.25) is 11.6 Å². The molecule has 2 bridgehead atoms. The van der Waals surface area contributed by atoms with Gasteiger partial charge in [-0.3, -0.25) is 38.4 Å². The summed E-state index contributed by atoms with van der Waals surface area (Å²) in [7, 11) is 4.40. The molecule has 0 spiro atoms. The number of piperidine rings is 1. The lowest BCUT2D eigenvalue weighted by molar-refractivity contribution is -0.265. The number of allylic oxidation sites excluding steroid dienone is 7. The molecule has 4 aliphatic carbocycles. The third-order valence-electron chi connectivity index (χ3n) is 23.3. The Balaban J connectivity index is 0.839. The fraction of sp³-hybridized carbons (Fsp3) is 0.692. The molecule has 1 aromatic heterocycles. The van der Waals surface area contributed by atoms with Crippen molar-refractivity contribution in [1.82, 2.24) is 4.90 Å². The highest BCUT2D eigenvalue weighted by atomic mass is 16.6. The number of hydrogen-bond donors (Lipinski definition) is 2. The number of Topliss-reactive ketones (excluding diaryl/α,β-unsaturated/α-hetero) is 4. The number of hydrogen-bond acceptors (Lipinski definition) is 22. The summed E-state index contributed by atoms with van der Waals surface area (Å²) in [6.45, 7) is 17.6. The SMILES string of the molecule is COC[C@H]1OC(=O)c2coc3c2[C@@]1(C)C1=C(C3=O)C2CC[C@H](OC(=O)CCCC(=O)OC3CCC(C[C@H](C)[C@@H]4CC(=O)[C@H](C)/C=C(\C)[C@@H](O)[C@@H](OC)C(=O)[C@H](C)C[C@H](C)/C=C/C=C/C=C(\C)[C@@H](OC)C[C@@H]5CC[C@@H](C)[C@@](O)(O5)C(=O)C(=O)N5CCCC[C@H]5C(=O)O4)CC3)[C@@]2(C)C[C@H]1OC(C)=O. The number of nitrogens with zero attached hydrogens (tertiary/aromatic N) is 1. The average Bonchev–Trinajstić information content (AvgIpc) is 1.65. The van der Waals surface area contributed by atoms with Crippen LogP contribution in [0, 0.1) is 46.8 Å². The van der Waals surface area contributed by atoms with Crippen LogP contribution < -0.4 is 0 Å². The van der Waals surface area contributed by atoms with Gasteiger partial charge in [0.1, 0.15) is 66.4 Å². The van der Waals surface area contributed by atoms with Gasteiger partial charge in [-0.05, 0) is 157 Å². The number of ketones is 4. The van der Waals surface area contributed by atoms with Crippen LogP contribution in [0.2, 0.25) is 0 Å². The molecule has 2 saturated heterocycles. The fourth-order valence-electron chi connectivity index (χ4n) is 17.4. The Hall–Kier alpha value is -6.76. The molecule has 101 heavy (non-hydrogen) atoms. The Kier molecular flexibility index (Phi) is 25.9. The largest absolute Gasteiger partial charge is 0.462 e. The molecule has 23 nitrogen and oxygen atoms in total. The summed E-state index contributed by atoms with van der Waals surface area (Å²) in [5.74, 6) is -11.7. The van der Waals surface area contributed by atoms with Crippen LogP contribution in [0.4, 0.5) is 0 Å². The van der Waals surface area contributed by atoms with Gasteiger partial charge in [0.15, 0.2) is 11.5 Å².